The van der Waals surface area contributed by atoms with E-state index in [-0.39, 0.29) is 12.1 Å². The van der Waals surface area contributed by atoms with E-state index < -0.39 is 0 Å². The Bertz CT molecular complexity index is 654. The van der Waals surface area contributed by atoms with E-state index in [2.05, 4.69) is 10.3 Å². The van der Waals surface area contributed by atoms with E-state index in [9.17, 15) is 4.79 Å². The van der Waals surface area contributed by atoms with Gasteiger partial charge in [0.1, 0.15) is 5.75 Å². The van der Waals surface area contributed by atoms with Crippen LogP contribution in [0.1, 0.15) is 30.1 Å². The number of hydrogen-bond donors (Lipinski definition) is 1. The lowest BCUT2D eigenvalue weighted by Gasteiger charge is -2.25. The van der Waals surface area contributed by atoms with E-state index in [1.165, 1.54) is 11.3 Å². The van der Waals surface area contributed by atoms with E-state index >= 15 is 0 Å². The SMILES string of the molecule is COc1ccc(C2CCCN2C(=O)Nc2nc(C)cs2)cc1. The summed E-state index contributed by atoms with van der Waals surface area (Å²) in [5.74, 6) is 0.830. The van der Waals surface area contributed by atoms with Crippen molar-refractivity contribution in [3.05, 3.63) is 40.9 Å². The highest BCUT2D eigenvalue weighted by molar-refractivity contribution is 7.13. The molecule has 1 unspecified atom stereocenters. The topological polar surface area (TPSA) is 54.5 Å². The first-order valence-electron chi connectivity index (χ1n) is 7.31. The molecule has 0 aliphatic carbocycles. The molecule has 0 bridgehead atoms. The second-order valence-corrected chi connectivity index (χ2v) is 6.21. The third-order valence-electron chi connectivity index (χ3n) is 3.85. The standard InChI is InChI=1S/C16H19N3O2S/c1-11-10-22-15(17-11)18-16(20)19-9-3-4-14(19)12-5-7-13(21-2)8-6-12/h5-8,10,14H,3-4,9H2,1-2H3,(H,17,18,20). The Morgan fingerprint density at radius 2 is 2.18 bits per heavy atom. The molecule has 1 atom stereocenters. The second-order valence-electron chi connectivity index (χ2n) is 5.35. The normalized spacial score (nSPS) is 17.5. The number of methoxy groups -OCH3 is 1. The van der Waals surface area contributed by atoms with Gasteiger partial charge in [0.25, 0.3) is 0 Å². The lowest BCUT2D eigenvalue weighted by molar-refractivity contribution is 0.207. The molecule has 116 valence electrons. The number of nitrogens with one attached hydrogen (secondary N) is 1. The molecule has 0 radical (unpaired) electrons. The van der Waals surface area contributed by atoms with E-state index in [4.69, 9.17) is 4.74 Å². The van der Waals surface area contributed by atoms with Crippen LogP contribution in [0.3, 0.4) is 0 Å². The van der Waals surface area contributed by atoms with Crippen molar-refractivity contribution < 1.29 is 9.53 Å². The molecule has 6 heteroatoms. The Labute approximate surface area is 133 Å². The zero-order chi connectivity index (χ0) is 15.5. The summed E-state index contributed by atoms with van der Waals surface area (Å²) in [7, 11) is 1.65. The molecule has 1 N–H and O–H groups in total. The average molecular weight is 317 g/mol. The number of carbonyl (C=O) groups excluding carboxylic acids is 1. The van der Waals surface area contributed by atoms with Crippen molar-refractivity contribution in [2.24, 2.45) is 0 Å². The van der Waals surface area contributed by atoms with Crippen LogP contribution < -0.4 is 10.1 Å². The summed E-state index contributed by atoms with van der Waals surface area (Å²) < 4.78 is 5.19. The minimum absolute atomic E-state index is 0.0762. The molecule has 0 spiro atoms. The molecular formula is C16H19N3O2S. The minimum atomic E-state index is -0.0762. The quantitative estimate of drug-likeness (QED) is 0.936. The molecule has 1 aliphatic heterocycles. The highest BCUT2D eigenvalue weighted by Gasteiger charge is 2.30. The highest BCUT2D eigenvalue weighted by Crippen LogP contribution is 2.33. The Hall–Kier alpha value is -2.08. The van der Waals surface area contributed by atoms with Crippen LogP contribution in [0.25, 0.3) is 0 Å². The third kappa shape index (κ3) is 3.06. The summed E-state index contributed by atoms with van der Waals surface area (Å²) >= 11 is 1.45. The summed E-state index contributed by atoms with van der Waals surface area (Å²) in [5, 5.41) is 5.48. The zero-order valence-corrected chi connectivity index (χ0v) is 13.5. The summed E-state index contributed by atoms with van der Waals surface area (Å²) in [6, 6.07) is 7.98. The van der Waals surface area contributed by atoms with Crippen LogP contribution in [0, 0.1) is 6.92 Å². The van der Waals surface area contributed by atoms with Crippen molar-refractivity contribution in [2.45, 2.75) is 25.8 Å². The van der Waals surface area contributed by atoms with Crippen molar-refractivity contribution in [1.82, 2.24) is 9.88 Å². The fraction of sp³-hybridized carbons (Fsp3) is 0.375. The van der Waals surface area contributed by atoms with Crippen molar-refractivity contribution >= 4 is 22.5 Å². The lowest BCUT2D eigenvalue weighted by atomic mass is 10.0. The number of hydrogen-bond acceptors (Lipinski definition) is 4. The van der Waals surface area contributed by atoms with Gasteiger partial charge in [-0.15, -0.1) is 11.3 Å². The van der Waals surface area contributed by atoms with Crippen LogP contribution in [-0.4, -0.2) is 29.6 Å². The minimum Gasteiger partial charge on any atom is -0.497 e. The first-order valence-corrected chi connectivity index (χ1v) is 8.19. The fourth-order valence-corrected chi connectivity index (χ4v) is 3.43. The molecule has 2 amide bonds. The summed E-state index contributed by atoms with van der Waals surface area (Å²) in [5.41, 5.74) is 2.07. The molecule has 1 fully saturated rings. The number of ether oxygens (including phenoxy) is 1. The first-order chi connectivity index (χ1) is 10.7. The Morgan fingerprint density at radius 1 is 1.41 bits per heavy atom. The molecule has 1 aromatic heterocycles. The number of rotatable bonds is 3. The van der Waals surface area contributed by atoms with Crippen LogP contribution in [0.5, 0.6) is 5.75 Å². The number of anilines is 1. The van der Waals surface area contributed by atoms with Gasteiger partial charge in [-0.1, -0.05) is 12.1 Å². The van der Waals surface area contributed by atoms with Crippen molar-refractivity contribution in [2.75, 3.05) is 19.0 Å². The van der Waals surface area contributed by atoms with Crippen LogP contribution >= 0.6 is 11.3 Å². The van der Waals surface area contributed by atoms with Crippen molar-refractivity contribution in [1.29, 1.82) is 0 Å². The largest absolute Gasteiger partial charge is 0.497 e. The Morgan fingerprint density at radius 3 is 2.82 bits per heavy atom. The van der Waals surface area contributed by atoms with E-state index in [1.807, 2.05) is 41.5 Å². The zero-order valence-electron chi connectivity index (χ0n) is 12.7. The van der Waals surface area contributed by atoms with Gasteiger partial charge < -0.3 is 9.64 Å². The Balaban J connectivity index is 1.72. The maximum atomic E-state index is 12.5. The van der Waals surface area contributed by atoms with Gasteiger partial charge in [-0.3, -0.25) is 5.32 Å². The molecule has 0 saturated carbocycles. The molecule has 2 aromatic rings. The lowest BCUT2D eigenvalue weighted by Crippen LogP contribution is -2.34. The van der Waals surface area contributed by atoms with Crippen LogP contribution in [0.2, 0.25) is 0 Å². The van der Waals surface area contributed by atoms with Gasteiger partial charge in [0, 0.05) is 11.9 Å². The summed E-state index contributed by atoms with van der Waals surface area (Å²) in [6.45, 7) is 2.69. The molecule has 2 heterocycles. The second kappa shape index (κ2) is 6.36. The number of nitrogens with zero attached hydrogens (tertiary/aromatic N) is 2. The molecule has 1 aliphatic rings. The number of urea groups is 1. The van der Waals surface area contributed by atoms with E-state index in [0.29, 0.717) is 5.13 Å². The third-order valence-corrected chi connectivity index (χ3v) is 4.72. The number of aromatic nitrogens is 1. The molecule has 3 rings (SSSR count). The molecule has 22 heavy (non-hydrogen) atoms. The number of likely N-dealkylation sites (tertiary alicyclic amines) is 1. The molecule has 1 saturated heterocycles. The van der Waals surface area contributed by atoms with Gasteiger partial charge in [-0.05, 0) is 37.5 Å². The number of thiazole rings is 1. The maximum absolute atomic E-state index is 12.5. The van der Waals surface area contributed by atoms with Gasteiger partial charge in [0.15, 0.2) is 5.13 Å². The van der Waals surface area contributed by atoms with E-state index in [0.717, 1.165) is 36.4 Å². The van der Waals surface area contributed by atoms with Crippen LogP contribution in [0.4, 0.5) is 9.93 Å². The fourth-order valence-electron chi connectivity index (χ4n) is 2.76. The smallest absolute Gasteiger partial charge is 0.324 e. The monoisotopic (exact) mass is 317 g/mol. The van der Waals surface area contributed by atoms with Gasteiger partial charge in [0.05, 0.1) is 18.8 Å². The molecule has 1 aromatic carbocycles. The van der Waals surface area contributed by atoms with Crippen LogP contribution in [0.15, 0.2) is 29.6 Å². The summed E-state index contributed by atoms with van der Waals surface area (Å²) in [6.07, 6.45) is 2.00. The predicted molar refractivity (Wildman–Crippen MR) is 87.5 cm³/mol. The Kier molecular flexibility index (Phi) is 4.29. The highest BCUT2D eigenvalue weighted by atomic mass is 32.1. The number of benzene rings is 1. The van der Waals surface area contributed by atoms with E-state index in [1.54, 1.807) is 7.11 Å². The van der Waals surface area contributed by atoms with Crippen molar-refractivity contribution in [3.63, 3.8) is 0 Å². The maximum Gasteiger partial charge on any atom is 0.324 e. The van der Waals surface area contributed by atoms with Gasteiger partial charge in [0.2, 0.25) is 0 Å². The number of amides is 2. The molecule has 5 nitrogen and oxygen atoms in total. The van der Waals surface area contributed by atoms with Gasteiger partial charge >= 0.3 is 6.03 Å². The van der Waals surface area contributed by atoms with Crippen molar-refractivity contribution in [3.8, 4) is 5.75 Å². The molecular weight excluding hydrogens is 298 g/mol. The summed E-state index contributed by atoms with van der Waals surface area (Å²) in [4.78, 5) is 18.7. The van der Waals surface area contributed by atoms with Gasteiger partial charge in [-0.25, -0.2) is 9.78 Å². The predicted octanol–water partition coefficient (Wildman–Crippen LogP) is 3.83. The number of aryl methyl sites for hydroxylation is 1. The van der Waals surface area contributed by atoms with Crippen LogP contribution in [-0.2, 0) is 0 Å². The first kappa shape index (κ1) is 14.8. The number of carbonyl (C=O) groups is 1. The average Bonchev–Trinajstić information content (AvgIpc) is 3.16. The van der Waals surface area contributed by atoms with Gasteiger partial charge in [-0.2, -0.15) is 0 Å².